The number of likely N-dealkylation sites (tertiary alicyclic amines) is 1. The molecule has 3 heterocycles. The van der Waals surface area contributed by atoms with Gasteiger partial charge in [-0.1, -0.05) is 30.3 Å². The summed E-state index contributed by atoms with van der Waals surface area (Å²) in [5, 5.41) is 8.94. The Balaban J connectivity index is 1.25. The lowest BCUT2D eigenvalue weighted by Gasteiger charge is -2.32. The van der Waals surface area contributed by atoms with Gasteiger partial charge in [-0.2, -0.15) is 5.10 Å². The molecule has 136 valence electrons. The smallest absolute Gasteiger partial charge is 0.183 e. The van der Waals surface area contributed by atoms with Crippen molar-refractivity contribution in [1.29, 1.82) is 0 Å². The minimum atomic E-state index is 0.514. The topological polar surface area (TPSA) is 46.0 Å². The van der Waals surface area contributed by atoms with Crippen molar-refractivity contribution >= 4 is 32.4 Å². The predicted octanol–water partition coefficient (Wildman–Crippen LogP) is 4.23. The summed E-state index contributed by atoms with van der Waals surface area (Å²) in [7, 11) is 0. The molecule has 1 aromatic carbocycles. The van der Waals surface area contributed by atoms with Gasteiger partial charge in [0, 0.05) is 42.9 Å². The summed E-state index contributed by atoms with van der Waals surface area (Å²) in [6.07, 6.45) is 8.06. The minimum absolute atomic E-state index is 0.514. The van der Waals surface area contributed by atoms with E-state index in [-0.39, 0.29) is 0 Å². The molecule has 0 spiro atoms. The Hall–Kier alpha value is -1.70. The molecular weight excluding hydrogens is 410 g/mol. The highest BCUT2D eigenvalue weighted by Crippen LogP contribution is 2.23. The van der Waals surface area contributed by atoms with Crippen LogP contribution in [0.15, 0.2) is 53.4 Å². The van der Waals surface area contributed by atoms with Gasteiger partial charge in [0.25, 0.3) is 0 Å². The molecule has 1 saturated heterocycles. The summed E-state index contributed by atoms with van der Waals surface area (Å²) in [5.74, 6) is 0. The van der Waals surface area contributed by atoms with Crippen LogP contribution in [0.3, 0.4) is 0 Å². The SMILES string of the molecule is Brc1cnn(Cc2cnc(NC3CCN(Cc4ccccc4)CC3)s2)c1. The second kappa shape index (κ2) is 8.33. The monoisotopic (exact) mass is 431 g/mol. The maximum absolute atomic E-state index is 4.54. The van der Waals surface area contributed by atoms with Crippen LogP contribution in [-0.4, -0.2) is 38.8 Å². The van der Waals surface area contributed by atoms with Crippen LogP contribution in [0.4, 0.5) is 5.13 Å². The highest BCUT2D eigenvalue weighted by atomic mass is 79.9. The first-order valence-corrected chi connectivity index (χ1v) is 10.5. The third-order valence-electron chi connectivity index (χ3n) is 4.64. The van der Waals surface area contributed by atoms with Crippen molar-refractivity contribution in [1.82, 2.24) is 19.7 Å². The van der Waals surface area contributed by atoms with E-state index in [1.54, 1.807) is 11.3 Å². The molecule has 0 radical (unpaired) electrons. The van der Waals surface area contributed by atoms with Gasteiger partial charge >= 0.3 is 0 Å². The molecule has 5 nitrogen and oxygen atoms in total. The molecule has 3 aromatic rings. The first kappa shape index (κ1) is 17.7. The first-order chi connectivity index (χ1) is 12.7. The van der Waals surface area contributed by atoms with Crippen molar-refractivity contribution < 1.29 is 0 Å². The zero-order chi connectivity index (χ0) is 17.8. The van der Waals surface area contributed by atoms with Gasteiger partial charge in [-0.05, 0) is 34.3 Å². The molecule has 0 bridgehead atoms. The molecule has 1 N–H and O–H groups in total. The van der Waals surface area contributed by atoms with Crippen LogP contribution < -0.4 is 5.32 Å². The number of hydrogen-bond acceptors (Lipinski definition) is 5. The quantitative estimate of drug-likeness (QED) is 0.634. The van der Waals surface area contributed by atoms with Gasteiger partial charge in [0.2, 0.25) is 0 Å². The largest absolute Gasteiger partial charge is 0.359 e. The standard InChI is InChI=1S/C19H22BrN5S/c20-16-10-22-25(13-16)14-18-11-21-19(26-18)23-17-6-8-24(9-7-17)12-15-4-2-1-3-5-15/h1-5,10-11,13,17H,6-9,12,14H2,(H,21,23). The average molecular weight is 432 g/mol. The van der Waals surface area contributed by atoms with Gasteiger partial charge in [-0.15, -0.1) is 11.3 Å². The molecule has 1 aliphatic rings. The number of benzene rings is 1. The Bertz CT molecular complexity index is 823. The lowest BCUT2D eigenvalue weighted by molar-refractivity contribution is 0.211. The van der Waals surface area contributed by atoms with E-state index in [0.717, 1.165) is 48.6 Å². The van der Waals surface area contributed by atoms with Gasteiger partial charge in [-0.25, -0.2) is 4.98 Å². The molecule has 1 fully saturated rings. The fourth-order valence-corrected chi connectivity index (χ4v) is 4.49. The van der Waals surface area contributed by atoms with E-state index in [0.29, 0.717) is 6.04 Å². The maximum atomic E-state index is 4.54. The summed E-state index contributed by atoms with van der Waals surface area (Å²) in [4.78, 5) is 8.29. The van der Waals surface area contributed by atoms with Crippen molar-refractivity contribution in [2.45, 2.75) is 32.0 Å². The lowest BCUT2D eigenvalue weighted by atomic mass is 10.0. The Morgan fingerprint density at radius 1 is 1.12 bits per heavy atom. The second-order valence-electron chi connectivity index (χ2n) is 6.67. The molecule has 4 rings (SSSR count). The van der Waals surface area contributed by atoms with E-state index >= 15 is 0 Å². The molecule has 0 amide bonds. The fraction of sp³-hybridized carbons (Fsp3) is 0.368. The van der Waals surface area contributed by atoms with E-state index in [1.807, 2.05) is 23.3 Å². The normalized spacial score (nSPS) is 16.0. The van der Waals surface area contributed by atoms with Crippen LogP contribution in [0.2, 0.25) is 0 Å². The Kier molecular flexibility index (Phi) is 5.67. The Morgan fingerprint density at radius 2 is 1.92 bits per heavy atom. The highest BCUT2D eigenvalue weighted by molar-refractivity contribution is 9.10. The highest BCUT2D eigenvalue weighted by Gasteiger charge is 2.20. The van der Waals surface area contributed by atoms with Crippen LogP contribution in [0.1, 0.15) is 23.3 Å². The average Bonchev–Trinajstić information content (AvgIpc) is 3.27. The Labute approximate surface area is 166 Å². The van der Waals surface area contributed by atoms with Crippen molar-refractivity contribution in [2.75, 3.05) is 18.4 Å². The number of rotatable bonds is 6. The number of thiazole rings is 1. The van der Waals surface area contributed by atoms with Crippen molar-refractivity contribution in [3.63, 3.8) is 0 Å². The van der Waals surface area contributed by atoms with E-state index in [1.165, 1.54) is 10.4 Å². The van der Waals surface area contributed by atoms with Crippen molar-refractivity contribution in [3.8, 4) is 0 Å². The summed E-state index contributed by atoms with van der Waals surface area (Å²) in [5.41, 5.74) is 1.40. The number of piperidine rings is 1. The zero-order valence-electron chi connectivity index (χ0n) is 14.5. The number of nitrogens with one attached hydrogen (secondary N) is 1. The van der Waals surface area contributed by atoms with Crippen LogP contribution >= 0.6 is 27.3 Å². The van der Waals surface area contributed by atoms with Gasteiger partial charge in [-0.3, -0.25) is 9.58 Å². The third-order valence-corrected chi connectivity index (χ3v) is 5.96. The van der Waals surface area contributed by atoms with Gasteiger partial charge in [0.15, 0.2) is 5.13 Å². The summed E-state index contributed by atoms with van der Waals surface area (Å²) in [6, 6.07) is 11.2. The number of aromatic nitrogens is 3. The van der Waals surface area contributed by atoms with Crippen LogP contribution in [-0.2, 0) is 13.1 Å². The minimum Gasteiger partial charge on any atom is -0.359 e. The van der Waals surface area contributed by atoms with Crippen LogP contribution in [0.5, 0.6) is 0 Å². The first-order valence-electron chi connectivity index (χ1n) is 8.90. The second-order valence-corrected chi connectivity index (χ2v) is 8.70. The molecule has 26 heavy (non-hydrogen) atoms. The van der Waals surface area contributed by atoms with E-state index in [2.05, 4.69) is 66.6 Å². The van der Waals surface area contributed by atoms with E-state index < -0.39 is 0 Å². The lowest BCUT2D eigenvalue weighted by Crippen LogP contribution is -2.38. The fourth-order valence-electron chi connectivity index (χ4n) is 3.28. The van der Waals surface area contributed by atoms with Crippen LogP contribution in [0.25, 0.3) is 0 Å². The van der Waals surface area contributed by atoms with Crippen molar-refractivity contribution in [3.05, 3.63) is 63.8 Å². The molecule has 2 aromatic heterocycles. The van der Waals surface area contributed by atoms with Crippen LogP contribution in [0, 0.1) is 0 Å². The molecular formula is C19H22BrN5S. The molecule has 0 unspecified atom stereocenters. The summed E-state index contributed by atoms with van der Waals surface area (Å²) >= 11 is 5.15. The predicted molar refractivity (Wildman–Crippen MR) is 110 cm³/mol. The zero-order valence-corrected chi connectivity index (χ0v) is 16.9. The molecule has 0 aliphatic carbocycles. The number of hydrogen-bond donors (Lipinski definition) is 1. The maximum Gasteiger partial charge on any atom is 0.183 e. The number of nitrogens with zero attached hydrogens (tertiary/aromatic N) is 4. The van der Waals surface area contributed by atoms with Gasteiger partial charge in [0.05, 0.1) is 17.2 Å². The van der Waals surface area contributed by atoms with E-state index in [4.69, 9.17) is 0 Å². The van der Waals surface area contributed by atoms with Gasteiger partial charge < -0.3 is 5.32 Å². The molecule has 1 aliphatic heterocycles. The Morgan fingerprint density at radius 3 is 2.65 bits per heavy atom. The molecule has 0 atom stereocenters. The number of anilines is 1. The van der Waals surface area contributed by atoms with E-state index in [9.17, 15) is 0 Å². The molecule has 7 heteroatoms. The number of halogens is 1. The summed E-state index contributed by atoms with van der Waals surface area (Å²) in [6.45, 7) is 4.08. The summed E-state index contributed by atoms with van der Waals surface area (Å²) < 4.78 is 2.92. The van der Waals surface area contributed by atoms with Gasteiger partial charge in [0.1, 0.15) is 0 Å². The third kappa shape index (κ3) is 4.72. The molecule has 0 saturated carbocycles. The van der Waals surface area contributed by atoms with Crippen molar-refractivity contribution in [2.24, 2.45) is 0 Å².